The van der Waals surface area contributed by atoms with Crippen molar-refractivity contribution in [3.8, 4) is 5.75 Å². The van der Waals surface area contributed by atoms with Crippen LogP contribution in [-0.4, -0.2) is 60.1 Å². The van der Waals surface area contributed by atoms with Crippen LogP contribution < -0.4 is 26.0 Å². The van der Waals surface area contributed by atoms with Gasteiger partial charge in [-0.2, -0.15) is 4.98 Å². The van der Waals surface area contributed by atoms with Gasteiger partial charge in [-0.1, -0.05) is 48.5 Å². The van der Waals surface area contributed by atoms with Crippen LogP contribution in [0.5, 0.6) is 5.75 Å². The Bertz CT molecular complexity index is 1550. The van der Waals surface area contributed by atoms with E-state index in [0.29, 0.717) is 40.5 Å². The molecule has 0 radical (unpaired) electrons. The molecule has 10 heteroatoms. The predicted octanol–water partition coefficient (Wildman–Crippen LogP) is 5.96. The first-order chi connectivity index (χ1) is 19.8. The summed E-state index contributed by atoms with van der Waals surface area (Å²) < 4.78 is 6.32. The smallest absolute Gasteiger partial charge is 0.247 e. The summed E-state index contributed by atoms with van der Waals surface area (Å²) in [5.41, 5.74) is 1.95. The lowest BCUT2D eigenvalue weighted by Gasteiger charge is -2.42. The van der Waals surface area contributed by atoms with Crippen LogP contribution in [0.15, 0.2) is 79.5 Å². The molecule has 0 aliphatic carbocycles. The van der Waals surface area contributed by atoms with Gasteiger partial charge in [0.1, 0.15) is 17.4 Å². The molecule has 0 saturated carbocycles. The number of aromatic nitrogens is 2. The molecular weight excluding hydrogens is 538 g/mol. The Morgan fingerprint density at radius 2 is 1.80 bits per heavy atom. The predicted molar refractivity (Wildman–Crippen MR) is 167 cm³/mol. The Kier molecular flexibility index (Phi) is 8.68. The fourth-order valence-corrected chi connectivity index (χ4v) is 5.03. The van der Waals surface area contributed by atoms with E-state index in [4.69, 9.17) is 16.3 Å². The van der Waals surface area contributed by atoms with E-state index in [1.807, 2.05) is 42.5 Å². The molecule has 0 bridgehead atoms. The van der Waals surface area contributed by atoms with Crippen molar-refractivity contribution in [3.63, 3.8) is 0 Å². The van der Waals surface area contributed by atoms with Gasteiger partial charge in [0.2, 0.25) is 11.9 Å². The van der Waals surface area contributed by atoms with E-state index in [9.17, 15) is 4.79 Å². The van der Waals surface area contributed by atoms with Gasteiger partial charge in [-0.3, -0.25) is 4.79 Å². The van der Waals surface area contributed by atoms with Crippen LogP contribution in [0.3, 0.4) is 0 Å². The number of piperidine rings is 1. The second-order valence-electron chi connectivity index (χ2n) is 10.3. The minimum atomic E-state index is -0.333. The van der Waals surface area contributed by atoms with Crippen molar-refractivity contribution in [1.82, 2.24) is 20.2 Å². The summed E-state index contributed by atoms with van der Waals surface area (Å²) in [5, 5.41) is 15.4. The molecule has 4 aromatic rings. The number of ether oxygens (including phenoxy) is 1. The molecule has 41 heavy (non-hydrogen) atoms. The van der Waals surface area contributed by atoms with Gasteiger partial charge >= 0.3 is 0 Å². The molecule has 1 saturated heterocycles. The Morgan fingerprint density at radius 1 is 1.07 bits per heavy atom. The zero-order valence-corrected chi connectivity index (χ0v) is 24.0. The quantitative estimate of drug-likeness (QED) is 0.173. The van der Waals surface area contributed by atoms with Crippen LogP contribution in [-0.2, 0) is 4.79 Å². The number of halogens is 1. The van der Waals surface area contributed by atoms with E-state index in [1.54, 1.807) is 6.07 Å². The number of likely N-dealkylation sites (N-methyl/N-ethyl adjacent to an activating group) is 1. The van der Waals surface area contributed by atoms with Crippen molar-refractivity contribution in [2.75, 3.05) is 49.7 Å². The molecule has 5 rings (SSSR count). The lowest BCUT2D eigenvalue weighted by molar-refractivity contribution is -0.111. The monoisotopic (exact) mass is 571 g/mol. The number of carbonyl (C=O) groups is 1. The number of amides is 1. The summed E-state index contributed by atoms with van der Waals surface area (Å²) in [7, 11) is 4.16. The maximum absolute atomic E-state index is 12.2. The number of anilines is 5. The fourth-order valence-electron chi connectivity index (χ4n) is 4.89. The first kappa shape index (κ1) is 28.4. The third-order valence-electron chi connectivity index (χ3n) is 7.41. The number of rotatable bonds is 10. The molecular formula is C31H34ClN7O2. The molecule has 0 atom stereocenters. The van der Waals surface area contributed by atoms with Crippen LogP contribution in [0.2, 0.25) is 5.02 Å². The highest BCUT2D eigenvalue weighted by atomic mass is 35.5. The minimum Gasteiger partial charge on any atom is -0.489 e. The average Bonchev–Trinajstić information content (AvgIpc) is 2.98. The molecule has 2 heterocycles. The number of carbonyl (C=O) groups excluding carboxylic acids is 1. The number of nitrogens with one attached hydrogen (secondary N) is 4. The van der Waals surface area contributed by atoms with Gasteiger partial charge in [0.15, 0.2) is 5.82 Å². The summed E-state index contributed by atoms with van der Waals surface area (Å²) in [5.74, 6) is 1.05. The van der Waals surface area contributed by atoms with E-state index in [2.05, 4.69) is 68.9 Å². The van der Waals surface area contributed by atoms with Crippen molar-refractivity contribution < 1.29 is 9.53 Å². The van der Waals surface area contributed by atoms with Crippen LogP contribution in [0.4, 0.5) is 28.8 Å². The maximum atomic E-state index is 12.2. The minimum absolute atomic E-state index is 0.0898. The third kappa shape index (κ3) is 6.77. The zero-order chi connectivity index (χ0) is 28.8. The van der Waals surface area contributed by atoms with Crippen molar-refractivity contribution in [1.29, 1.82) is 0 Å². The highest BCUT2D eigenvalue weighted by Gasteiger charge is 2.35. The van der Waals surface area contributed by atoms with E-state index in [1.165, 1.54) is 12.3 Å². The normalized spacial score (nSPS) is 14.4. The number of hydrogen-bond acceptors (Lipinski definition) is 8. The van der Waals surface area contributed by atoms with Crippen LogP contribution in [0.25, 0.3) is 10.8 Å². The van der Waals surface area contributed by atoms with Crippen LogP contribution in [0, 0.1) is 0 Å². The molecule has 0 spiro atoms. The van der Waals surface area contributed by atoms with Gasteiger partial charge in [-0.15, -0.1) is 0 Å². The Balaban J connectivity index is 1.35. The summed E-state index contributed by atoms with van der Waals surface area (Å²) in [4.78, 5) is 23.4. The molecule has 1 aliphatic rings. The van der Waals surface area contributed by atoms with Gasteiger partial charge in [0.25, 0.3) is 0 Å². The molecule has 4 N–H and O–H groups in total. The fraction of sp³-hybridized carbons (Fsp3) is 0.258. The van der Waals surface area contributed by atoms with Crippen molar-refractivity contribution in [3.05, 3.63) is 84.5 Å². The van der Waals surface area contributed by atoms with Crippen LogP contribution in [0.1, 0.15) is 12.8 Å². The Morgan fingerprint density at radius 3 is 2.56 bits per heavy atom. The van der Waals surface area contributed by atoms with Gasteiger partial charge in [-0.25, -0.2) is 4.98 Å². The molecule has 3 aromatic carbocycles. The summed E-state index contributed by atoms with van der Waals surface area (Å²) >= 11 is 6.42. The number of hydrogen-bond donors (Lipinski definition) is 4. The molecule has 1 aliphatic heterocycles. The van der Waals surface area contributed by atoms with Gasteiger partial charge < -0.3 is 30.9 Å². The van der Waals surface area contributed by atoms with Crippen molar-refractivity contribution in [2.45, 2.75) is 18.4 Å². The molecule has 1 amide bonds. The maximum Gasteiger partial charge on any atom is 0.247 e. The third-order valence-corrected chi connectivity index (χ3v) is 7.69. The van der Waals surface area contributed by atoms with Crippen LogP contribution >= 0.6 is 11.6 Å². The summed E-state index contributed by atoms with van der Waals surface area (Å²) in [6.45, 7) is 5.94. The van der Waals surface area contributed by atoms with Gasteiger partial charge in [0, 0.05) is 11.4 Å². The first-order valence-electron chi connectivity index (χ1n) is 13.5. The van der Waals surface area contributed by atoms with E-state index >= 15 is 0 Å². The Labute approximate surface area is 245 Å². The highest BCUT2D eigenvalue weighted by molar-refractivity contribution is 6.33. The number of nitrogens with zero attached hydrogens (tertiary/aromatic N) is 3. The summed E-state index contributed by atoms with van der Waals surface area (Å²) in [6.07, 6.45) is 4.71. The van der Waals surface area contributed by atoms with E-state index in [0.717, 1.165) is 42.4 Å². The number of benzene rings is 3. The zero-order valence-electron chi connectivity index (χ0n) is 23.2. The van der Waals surface area contributed by atoms with Crippen molar-refractivity contribution in [2.24, 2.45) is 0 Å². The standard InChI is InChI=1S/C31H34ClN7O2/c1-4-28(40)37-26-18-24(11-12-27(26)41-20-31(39(2)3)13-15-33-16-14-31)36-30-34-19-25(32)29(38-30)35-23-10-9-21-7-5-6-8-22(21)17-23/h4-12,17-19,33H,1,13-16,20H2,2-3H3,(H,37,40)(H2,34,35,36,38). The highest BCUT2D eigenvalue weighted by Crippen LogP contribution is 2.33. The first-order valence-corrected chi connectivity index (χ1v) is 13.9. The van der Waals surface area contributed by atoms with Gasteiger partial charge in [-0.05, 0) is 87.2 Å². The molecule has 1 fully saturated rings. The SMILES string of the molecule is C=CC(=O)Nc1cc(Nc2ncc(Cl)c(Nc3ccc4ccccc4c3)n2)ccc1OCC1(N(C)C)CCNCC1. The average molecular weight is 572 g/mol. The second kappa shape index (κ2) is 12.6. The second-order valence-corrected chi connectivity index (χ2v) is 10.7. The Hall–Kier alpha value is -4.18. The lowest BCUT2D eigenvalue weighted by Crippen LogP contribution is -2.55. The van der Waals surface area contributed by atoms with Gasteiger partial charge in [0.05, 0.1) is 17.4 Å². The van der Waals surface area contributed by atoms with E-state index < -0.39 is 0 Å². The molecule has 1 aromatic heterocycles. The number of fused-ring (bicyclic) bond motifs is 1. The summed E-state index contributed by atoms with van der Waals surface area (Å²) in [6, 6.07) is 19.7. The molecule has 0 unspecified atom stereocenters. The largest absolute Gasteiger partial charge is 0.489 e. The molecule has 212 valence electrons. The van der Waals surface area contributed by atoms with Crippen molar-refractivity contribution >= 4 is 57.1 Å². The molecule has 9 nitrogen and oxygen atoms in total. The van der Waals surface area contributed by atoms with E-state index in [-0.39, 0.29) is 11.4 Å². The topological polar surface area (TPSA) is 103 Å². The lowest BCUT2D eigenvalue weighted by atomic mass is 9.88.